The number of amides is 1. The summed E-state index contributed by atoms with van der Waals surface area (Å²) in [5.74, 6) is 0.0178. The number of fused-ring (bicyclic) bond motifs is 1. The number of aliphatic hydroxyl groups excluding tert-OH is 1. The maximum Gasteiger partial charge on any atom is 0.250 e. The van der Waals surface area contributed by atoms with Gasteiger partial charge in [-0.25, -0.2) is 0 Å². The first kappa shape index (κ1) is 14.1. The molecule has 0 saturated carbocycles. The fourth-order valence-corrected chi connectivity index (χ4v) is 3.25. The van der Waals surface area contributed by atoms with E-state index in [4.69, 9.17) is 0 Å². The fourth-order valence-electron chi connectivity index (χ4n) is 3.25. The quantitative estimate of drug-likeness (QED) is 0.908. The summed E-state index contributed by atoms with van der Waals surface area (Å²) in [6, 6.07) is 10.4. The summed E-state index contributed by atoms with van der Waals surface area (Å²) in [4.78, 5) is 18.1. The molecule has 1 saturated heterocycles. The van der Waals surface area contributed by atoms with Gasteiger partial charge in [0.15, 0.2) is 6.29 Å². The first-order valence-electron chi connectivity index (χ1n) is 7.42. The molecule has 1 amide bonds. The van der Waals surface area contributed by atoms with Crippen LogP contribution in [0.15, 0.2) is 42.6 Å². The van der Waals surface area contributed by atoms with Crippen molar-refractivity contribution in [2.75, 3.05) is 19.8 Å². The van der Waals surface area contributed by atoms with Gasteiger partial charge in [0.05, 0.1) is 6.04 Å². The number of nitrogens with zero attached hydrogens (tertiary/aromatic N) is 3. The Morgan fingerprint density at radius 3 is 2.71 bits per heavy atom. The molecular formula is C16H21N3O2. The fraction of sp³-hybridized carbons (Fsp3) is 0.438. The Hall–Kier alpha value is -1.85. The Balaban J connectivity index is 1.95. The second-order valence-electron chi connectivity index (χ2n) is 5.47. The molecule has 1 fully saturated rings. The van der Waals surface area contributed by atoms with Gasteiger partial charge in [0.1, 0.15) is 6.73 Å². The van der Waals surface area contributed by atoms with Crippen LogP contribution in [-0.2, 0) is 4.79 Å². The minimum atomic E-state index is -0.183. The Bertz CT molecular complexity index is 532. The highest BCUT2D eigenvalue weighted by atomic mass is 16.3. The molecule has 3 rings (SSSR count). The Labute approximate surface area is 125 Å². The molecule has 112 valence electrons. The molecule has 2 atom stereocenters. The second kappa shape index (κ2) is 5.87. The third kappa shape index (κ3) is 2.43. The maximum absolute atomic E-state index is 12.2. The zero-order chi connectivity index (χ0) is 14.8. The van der Waals surface area contributed by atoms with E-state index < -0.39 is 0 Å². The number of carbonyl (C=O) groups excluding carboxylic acids is 1. The van der Waals surface area contributed by atoms with Gasteiger partial charge in [-0.1, -0.05) is 37.3 Å². The van der Waals surface area contributed by atoms with Gasteiger partial charge in [0.25, 0.3) is 5.91 Å². The van der Waals surface area contributed by atoms with Crippen molar-refractivity contribution < 1.29 is 9.90 Å². The van der Waals surface area contributed by atoms with Crippen molar-refractivity contribution in [3.63, 3.8) is 0 Å². The predicted molar refractivity (Wildman–Crippen MR) is 79.7 cm³/mol. The molecule has 0 aliphatic carbocycles. The summed E-state index contributed by atoms with van der Waals surface area (Å²) in [6.45, 7) is 3.59. The van der Waals surface area contributed by atoms with Crippen LogP contribution in [0.5, 0.6) is 0 Å². The zero-order valence-corrected chi connectivity index (χ0v) is 12.2. The molecule has 1 aromatic rings. The van der Waals surface area contributed by atoms with Crippen LogP contribution in [0, 0.1) is 0 Å². The molecule has 0 bridgehead atoms. The molecule has 1 N–H and O–H groups in total. The summed E-state index contributed by atoms with van der Waals surface area (Å²) >= 11 is 0. The molecule has 2 aliphatic rings. The van der Waals surface area contributed by atoms with Gasteiger partial charge >= 0.3 is 0 Å². The maximum atomic E-state index is 12.2. The van der Waals surface area contributed by atoms with Crippen molar-refractivity contribution in [3.05, 3.63) is 48.2 Å². The molecule has 0 spiro atoms. The van der Waals surface area contributed by atoms with Gasteiger partial charge < -0.3 is 14.9 Å². The average molecular weight is 287 g/mol. The van der Waals surface area contributed by atoms with Crippen molar-refractivity contribution in [3.8, 4) is 0 Å². The zero-order valence-electron chi connectivity index (χ0n) is 12.2. The molecule has 0 radical (unpaired) electrons. The molecule has 2 aliphatic heterocycles. The molecule has 0 aromatic heterocycles. The molecule has 5 nitrogen and oxygen atoms in total. The second-order valence-corrected chi connectivity index (χ2v) is 5.47. The molecule has 1 aromatic carbocycles. The van der Waals surface area contributed by atoms with Crippen molar-refractivity contribution in [2.24, 2.45) is 0 Å². The lowest BCUT2D eigenvalue weighted by Crippen LogP contribution is -2.54. The predicted octanol–water partition coefficient (Wildman–Crippen LogP) is 1.34. The van der Waals surface area contributed by atoms with Gasteiger partial charge in [0.2, 0.25) is 0 Å². The summed E-state index contributed by atoms with van der Waals surface area (Å²) in [6.07, 6.45) is 4.05. The molecule has 21 heavy (non-hydrogen) atoms. The number of carbonyl (C=O) groups is 1. The van der Waals surface area contributed by atoms with Crippen LogP contribution in [0.3, 0.4) is 0 Å². The van der Waals surface area contributed by atoms with Gasteiger partial charge in [-0.05, 0) is 12.0 Å². The van der Waals surface area contributed by atoms with Crippen LogP contribution in [0.2, 0.25) is 0 Å². The van der Waals surface area contributed by atoms with Crippen LogP contribution < -0.4 is 0 Å². The standard InChI is InChI=1S/C16H21N3O2/c1-2-9-18-14(13-6-4-3-5-7-13)11-19-15(21)8-10-17(12-20)16(18)19/h3-8,10,14,16,20H,2,9,11-12H2,1H3. The number of hydrogen-bond acceptors (Lipinski definition) is 4. The largest absolute Gasteiger partial charge is 0.376 e. The minimum absolute atomic E-state index is 0.0178. The van der Waals surface area contributed by atoms with Gasteiger partial charge in [0, 0.05) is 25.4 Å². The van der Waals surface area contributed by atoms with Gasteiger partial charge in [-0.2, -0.15) is 0 Å². The number of benzene rings is 1. The van der Waals surface area contributed by atoms with E-state index in [9.17, 15) is 9.90 Å². The number of aliphatic hydroxyl groups is 1. The highest BCUT2D eigenvalue weighted by Crippen LogP contribution is 2.35. The van der Waals surface area contributed by atoms with E-state index in [-0.39, 0.29) is 25.0 Å². The van der Waals surface area contributed by atoms with Crippen LogP contribution in [0.4, 0.5) is 0 Å². The highest BCUT2D eigenvalue weighted by Gasteiger charge is 2.45. The molecule has 2 unspecified atom stereocenters. The number of rotatable bonds is 4. The van der Waals surface area contributed by atoms with Crippen LogP contribution in [0.25, 0.3) is 0 Å². The lowest BCUT2D eigenvalue weighted by molar-refractivity contribution is -0.137. The van der Waals surface area contributed by atoms with E-state index in [1.807, 2.05) is 23.1 Å². The van der Waals surface area contributed by atoms with Gasteiger partial charge in [-0.15, -0.1) is 0 Å². The van der Waals surface area contributed by atoms with E-state index in [2.05, 4.69) is 24.0 Å². The SMILES string of the molecule is CCCN1C(c2ccccc2)CN2C(=O)C=CN(CO)C21. The van der Waals surface area contributed by atoms with E-state index in [0.717, 1.165) is 13.0 Å². The third-order valence-electron chi connectivity index (χ3n) is 4.16. The van der Waals surface area contributed by atoms with E-state index in [0.29, 0.717) is 6.54 Å². The molecule has 2 heterocycles. The van der Waals surface area contributed by atoms with Crippen LogP contribution in [0.1, 0.15) is 24.9 Å². The van der Waals surface area contributed by atoms with Gasteiger partial charge in [-0.3, -0.25) is 9.69 Å². The molecular weight excluding hydrogens is 266 g/mol. The Morgan fingerprint density at radius 2 is 2.05 bits per heavy atom. The van der Waals surface area contributed by atoms with Crippen LogP contribution >= 0.6 is 0 Å². The van der Waals surface area contributed by atoms with Crippen LogP contribution in [-0.4, -0.2) is 51.8 Å². The summed E-state index contributed by atoms with van der Waals surface area (Å²) in [7, 11) is 0. The Morgan fingerprint density at radius 1 is 1.29 bits per heavy atom. The van der Waals surface area contributed by atoms with Crippen molar-refractivity contribution >= 4 is 5.91 Å². The lowest BCUT2D eigenvalue weighted by Gasteiger charge is -2.40. The van der Waals surface area contributed by atoms with Crippen molar-refractivity contribution in [2.45, 2.75) is 25.7 Å². The average Bonchev–Trinajstić information content (AvgIpc) is 2.90. The first-order valence-corrected chi connectivity index (χ1v) is 7.42. The van der Waals surface area contributed by atoms with E-state index in [1.165, 1.54) is 11.6 Å². The van der Waals surface area contributed by atoms with E-state index in [1.54, 1.807) is 11.1 Å². The monoisotopic (exact) mass is 287 g/mol. The number of hydrogen-bond donors (Lipinski definition) is 1. The molecule has 5 heteroatoms. The van der Waals surface area contributed by atoms with E-state index >= 15 is 0 Å². The Kier molecular flexibility index (Phi) is 3.94. The summed E-state index contributed by atoms with van der Waals surface area (Å²) < 4.78 is 0. The summed E-state index contributed by atoms with van der Waals surface area (Å²) in [5.41, 5.74) is 1.21. The van der Waals surface area contributed by atoms with Crippen molar-refractivity contribution in [1.82, 2.24) is 14.7 Å². The minimum Gasteiger partial charge on any atom is -0.376 e. The highest BCUT2D eigenvalue weighted by molar-refractivity contribution is 5.88. The normalized spacial score (nSPS) is 25.5. The first-order chi connectivity index (χ1) is 10.3. The van der Waals surface area contributed by atoms with Crippen molar-refractivity contribution in [1.29, 1.82) is 0 Å². The lowest BCUT2D eigenvalue weighted by atomic mass is 10.1. The smallest absolute Gasteiger partial charge is 0.250 e. The summed E-state index contributed by atoms with van der Waals surface area (Å²) in [5, 5.41) is 9.58. The third-order valence-corrected chi connectivity index (χ3v) is 4.16. The topological polar surface area (TPSA) is 47.0 Å².